The number of carbonyl (C=O) groups is 1. The molecule has 66 valence electrons. The predicted octanol–water partition coefficient (Wildman–Crippen LogP) is 1.36. The van der Waals surface area contributed by atoms with Crippen LogP contribution in [0.25, 0.3) is 0 Å². The van der Waals surface area contributed by atoms with Gasteiger partial charge in [0.05, 0.1) is 6.10 Å². The molecule has 0 saturated heterocycles. The maximum atomic E-state index is 11.1. The van der Waals surface area contributed by atoms with Gasteiger partial charge in [-0.2, -0.15) is 0 Å². The number of aliphatic hydroxyl groups excluding tert-OH is 1. The third kappa shape index (κ3) is 5.79. The molecule has 0 amide bonds. The molecular weight excluding hydrogens is 151 g/mol. The van der Waals surface area contributed by atoms with Crippen molar-refractivity contribution >= 4 is 5.97 Å². The lowest BCUT2D eigenvalue weighted by Crippen LogP contribution is -2.05. The van der Waals surface area contributed by atoms with E-state index in [2.05, 4.69) is 4.94 Å². The normalized spacial score (nSPS) is 12.6. The van der Waals surface area contributed by atoms with Crippen molar-refractivity contribution < 1.29 is 19.4 Å². The number of aliphatic hydroxyl groups is 1. The first-order valence-corrected chi connectivity index (χ1v) is 3.70. The Labute approximate surface area is 65.1 Å². The number of halogens is 1. The maximum Gasteiger partial charge on any atom is 0.348 e. The lowest BCUT2D eigenvalue weighted by atomic mass is 10.1. The van der Waals surface area contributed by atoms with Crippen LogP contribution in [0.2, 0.25) is 0 Å². The van der Waals surface area contributed by atoms with Gasteiger partial charge in [0.15, 0.2) is 0 Å². The van der Waals surface area contributed by atoms with Gasteiger partial charge >= 0.3 is 5.97 Å². The van der Waals surface area contributed by atoms with E-state index in [1.54, 1.807) is 0 Å². The first-order chi connectivity index (χ1) is 5.20. The monoisotopic (exact) mass is 164 g/mol. The van der Waals surface area contributed by atoms with E-state index in [0.717, 1.165) is 0 Å². The lowest BCUT2D eigenvalue weighted by Gasteiger charge is -2.04. The fourth-order valence-corrected chi connectivity index (χ4v) is 0.725. The van der Waals surface area contributed by atoms with Crippen molar-refractivity contribution in [2.45, 2.75) is 38.7 Å². The smallest absolute Gasteiger partial charge is 0.348 e. The summed E-state index contributed by atoms with van der Waals surface area (Å²) in [6.07, 6.45) is 1.30. The SMILES string of the molecule is CCC(O)CCCC(=O)OF. The molecule has 4 heteroatoms. The highest BCUT2D eigenvalue weighted by Gasteiger charge is 2.05. The summed E-state index contributed by atoms with van der Waals surface area (Å²) in [5.74, 6) is -0.867. The Balaban J connectivity index is 3.20. The molecule has 0 aliphatic rings. The molecule has 3 nitrogen and oxygen atoms in total. The standard InChI is InChI=1S/C7H13FO3/c1-2-6(9)4-3-5-7(10)11-8/h6,9H,2-5H2,1H3. The lowest BCUT2D eigenvalue weighted by molar-refractivity contribution is -0.183. The van der Waals surface area contributed by atoms with E-state index in [4.69, 9.17) is 5.11 Å². The summed E-state index contributed by atoms with van der Waals surface area (Å²) in [4.78, 5) is 13.1. The van der Waals surface area contributed by atoms with Gasteiger partial charge < -0.3 is 5.11 Å². The summed E-state index contributed by atoms with van der Waals surface area (Å²) in [5.41, 5.74) is 0. The molecule has 0 spiro atoms. The Morgan fingerprint density at radius 3 is 2.82 bits per heavy atom. The molecule has 0 rings (SSSR count). The fraction of sp³-hybridized carbons (Fsp3) is 0.857. The first kappa shape index (κ1) is 10.4. The van der Waals surface area contributed by atoms with Crippen LogP contribution in [-0.4, -0.2) is 17.2 Å². The van der Waals surface area contributed by atoms with E-state index in [-0.39, 0.29) is 12.5 Å². The molecule has 0 aromatic carbocycles. The highest BCUT2D eigenvalue weighted by atomic mass is 19.3. The molecule has 0 bridgehead atoms. The molecule has 0 saturated carbocycles. The topological polar surface area (TPSA) is 46.5 Å². The van der Waals surface area contributed by atoms with Gasteiger partial charge in [-0.15, -0.1) is 0 Å². The molecule has 0 heterocycles. The van der Waals surface area contributed by atoms with Gasteiger partial charge in [0.2, 0.25) is 0 Å². The molecule has 0 aliphatic heterocycles. The van der Waals surface area contributed by atoms with Crippen LogP contribution in [0, 0.1) is 0 Å². The summed E-state index contributed by atoms with van der Waals surface area (Å²) in [5, 5.41) is 9.00. The van der Waals surface area contributed by atoms with Crippen molar-refractivity contribution in [1.82, 2.24) is 0 Å². The van der Waals surface area contributed by atoms with Crippen molar-refractivity contribution in [2.24, 2.45) is 0 Å². The van der Waals surface area contributed by atoms with Crippen LogP contribution in [-0.2, 0) is 9.74 Å². The van der Waals surface area contributed by atoms with Crippen molar-refractivity contribution in [3.8, 4) is 0 Å². The summed E-state index contributed by atoms with van der Waals surface area (Å²) < 4.78 is 11.1. The van der Waals surface area contributed by atoms with Gasteiger partial charge in [-0.05, 0) is 19.3 Å². The minimum Gasteiger partial charge on any atom is -0.393 e. The summed E-state index contributed by atoms with van der Waals surface area (Å²) in [6.45, 7) is 1.85. The summed E-state index contributed by atoms with van der Waals surface area (Å²) in [6, 6.07) is 0. The van der Waals surface area contributed by atoms with Crippen molar-refractivity contribution in [3.05, 3.63) is 0 Å². The van der Waals surface area contributed by atoms with Crippen LogP contribution in [0.15, 0.2) is 0 Å². The van der Waals surface area contributed by atoms with Crippen molar-refractivity contribution in [2.75, 3.05) is 0 Å². The first-order valence-electron chi connectivity index (χ1n) is 3.70. The van der Waals surface area contributed by atoms with Gasteiger partial charge in [0.1, 0.15) is 0 Å². The second-order valence-corrected chi connectivity index (χ2v) is 2.40. The number of carbonyl (C=O) groups excluding carboxylic acids is 1. The third-order valence-electron chi connectivity index (χ3n) is 1.48. The molecule has 0 aliphatic carbocycles. The largest absolute Gasteiger partial charge is 0.393 e. The summed E-state index contributed by atoms with van der Waals surface area (Å²) >= 11 is 0. The highest BCUT2D eigenvalue weighted by molar-refractivity contribution is 5.68. The maximum absolute atomic E-state index is 11.1. The Morgan fingerprint density at radius 2 is 2.36 bits per heavy atom. The quantitative estimate of drug-likeness (QED) is 0.667. The predicted molar refractivity (Wildman–Crippen MR) is 37.3 cm³/mol. The van der Waals surface area contributed by atoms with Gasteiger partial charge in [-0.3, -0.25) is 4.94 Å². The van der Waals surface area contributed by atoms with Crippen LogP contribution in [0.4, 0.5) is 4.53 Å². The Morgan fingerprint density at radius 1 is 1.73 bits per heavy atom. The molecule has 11 heavy (non-hydrogen) atoms. The van der Waals surface area contributed by atoms with Gasteiger partial charge in [-0.1, -0.05) is 6.92 Å². The minimum atomic E-state index is -0.867. The number of rotatable bonds is 5. The van der Waals surface area contributed by atoms with Gasteiger partial charge in [0, 0.05) is 10.9 Å². The van der Waals surface area contributed by atoms with Crippen LogP contribution in [0.5, 0.6) is 0 Å². The van der Waals surface area contributed by atoms with E-state index < -0.39 is 5.97 Å². The zero-order valence-corrected chi connectivity index (χ0v) is 6.55. The van der Waals surface area contributed by atoms with E-state index in [1.165, 1.54) is 0 Å². The molecule has 1 atom stereocenters. The van der Waals surface area contributed by atoms with Crippen LogP contribution >= 0.6 is 0 Å². The number of hydrogen-bond donors (Lipinski definition) is 1. The zero-order chi connectivity index (χ0) is 8.69. The van der Waals surface area contributed by atoms with Crippen LogP contribution in [0.1, 0.15) is 32.6 Å². The molecule has 0 fully saturated rings. The van der Waals surface area contributed by atoms with Gasteiger partial charge in [0.25, 0.3) is 0 Å². The minimum absolute atomic E-state index is 0.0353. The van der Waals surface area contributed by atoms with Crippen molar-refractivity contribution in [1.29, 1.82) is 0 Å². The Bertz CT molecular complexity index is 116. The number of hydrogen-bond acceptors (Lipinski definition) is 3. The molecule has 1 N–H and O–H groups in total. The van der Waals surface area contributed by atoms with E-state index >= 15 is 0 Å². The molecule has 0 aromatic rings. The summed E-state index contributed by atoms with van der Waals surface area (Å²) in [7, 11) is 0. The molecule has 0 radical (unpaired) electrons. The third-order valence-corrected chi connectivity index (χ3v) is 1.48. The second-order valence-electron chi connectivity index (χ2n) is 2.40. The highest BCUT2D eigenvalue weighted by Crippen LogP contribution is 2.04. The average molecular weight is 164 g/mol. The van der Waals surface area contributed by atoms with Gasteiger partial charge in [-0.25, -0.2) is 4.79 Å². The fourth-order valence-electron chi connectivity index (χ4n) is 0.725. The Hall–Kier alpha value is -0.640. The van der Waals surface area contributed by atoms with Crippen molar-refractivity contribution in [3.63, 3.8) is 0 Å². The van der Waals surface area contributed by atoms with Crippen LogP contribution in [0.3, 0.4) is 0 Å². The van der Waals surface area contributed by atoms with E-state index in [9.17, 15) is 9.32 Å². The average Bonchev–Trinajstić information content (AvgIpc) is 2.04. The van der Waals surface area contributed by atoms with Crippen LogP contribution < -0.4 is 0 Å². The molecule has 0 aromatic heterocycles. The molecular formula is C7H13FO3. The van der Waals surface area contributed by atoms with E-state index in [0.29, 0.717) is 19.3 Å². The second kappa shape index (κ2) is 6.09. The van der Waals surface area contributed by atoms with E-state index in [1.807, 2.05) is 6.92 Å². The Kier molecular flexibility index (Phi) is 5.74. The zero-order valence-electron chi connectivity index (χ0n) is 6.55. The molecule has 1 unspecified atom stereocenters.